The fraction of sp³-hybridized carbons (Fsp3) is 0. The molecular weight excluding hydrogens is 797 g/mol. The highest BCUT2D eigenvalue weighted by Crippen LogP contribution is 2.45. The second kappa shape index (κ2) is 16.8. The third-order valence-corrected chi connectivity index (χ3v) is 12.9. The maximum atomic E-state index is 2.45. The Labute approximate surface area is 385 Å². The van der Waals surface area contributed by atoms with Crippen LogP contribution in [0.2, 0.25) is 0 Å². The molecule has 0 saturated carbocycles. The summed E-state index contributed by atoms with van der Waals surface area (Å²) in [5.41, 5.74) is 18.6. The molecule has 0 N–H and O–H groups in total. The largest absolute Gasteiger partial charge is 0.310 e. The monoisotopic (exact) mass is 840 g/mol. The number of rotatable bonds is 9. The number of nitrogens with zero attached hydrogens (tertiary/aromatic N) is 2. The van der Waals surface area contributed by atoms with Crippen LogP contribution in [-0.2, 0) is 0 Å². The van der Waals surface area contributed by atoms with Crippen LogP contribution in [-0.4, -0.2) is 4.57 Å². The van der Waals surface area contributed by atoms with Gasteiger partial charge in [-0.1, -0.05) is 194 Å². The van der Waals surface area contributed by atoms with E-state index in [0.29, 0.717) is 0 Å². The van der Waals surface area contributed by atoms with E-state index in [1.165, 1.54) is 82.6 Å². The molecule has 0 amide bonds. The molecule has 12 rings (SSSR count). The van der Waals surface area contributed by atoms with Gasteiger partial charge in [0.15, 0.2) is 0 Å². The average Bonchev–Trinajstić information content (AvgIpc) is 3.73. The second-order valence-corrected chi connectivity index (χ2v) is 16.9. The minimum atomic E-state index is 1.10. The molecule has 66 heavy (non-hydrogen) atoms. The van der Waals surface area contributed by atoms with Crippen LogP contribution in [0.15, 0.2) is 267 Å². The quantitative estimate of drug-likeness (QED) is 0.141. The first-order chi connectivity index (χ1) is 32.7. The number of benzene rings is 11. The van der Waals surface area contributed by atoms with Gasteiger partial charge in [0.2, 0.25) is 0 Å². The number of hydrogen-bond donors (Lipinski definition) is 0. The van der Waals surface area contributed by atoms with Crippen molar-refractivity contribution >= 4 is 49.6 Å². The third-order valence-electron chi connectivity index (χ3n) is 12.9. The van der Waals surface area contributed by atoms with Crippen molar-refractivity contribution in [2.45, 2.75) is 0 Å². The van der Waals surface area contributed by atoms with E-state index in [0.717, 1.165) is 28.3 Å². The number of aromatic nitrogens is 1. The first-order valence-corrected chi connectivity index (χ1v) is 22.7. The molecule has 2 nitrogen and oxygen atoms in total. The van der Waals surface area contributed by atoms with Crippen LogP contribution >= 0.6 is 0 Å². The Balaban J connectivity index is 1.01. The first kappa shape index (κ1) is 38.9. The normalized spacial score (nSPS) is 11.3. The Kier molecular flexibility index (Phi) is 9.89. The van der Waals surface area contributed by atoms with Gasteiger partial charge in [0.1, 0.15) is 0 Å². The van der Waals surface area contributed by atoms with Gasteiger partial charge in [0.05, 0.1) is 16.7 Å². The summed E-state index contributed by atoms with van der Waals surface area (Å²) in [7, 11) is 0. The van der Waals surface area contributed by atoms with Crippen molar-refractivity contribution in [3.8, 4) is 61.3 Å². The van der Waals surface area contributed by atoms with Crippen molar-refractivity contribution in [2.75, 3.05) is 4.90 Å². The summed E-state index contributed by atoms with van der Waals surface area (Å²) in [4.78, 5) is 2.39. The molecule has 0 unspecified atom stereocenters. The highest BCUT2D eigenvalue weighted by Gasteiger charge is 2.21. The number of para-hydroxylation sites is 3. The van der Waals surface area contributed by atoms with Crippen molar-refractivity contribution in [3.05, 3.63) is 267 Å². The Morgan fingerprint density at radius 1 is 0.258 bits per heavy atom. The fourth-order valence-electron chi connectivity index (χ4n) is 9.82. The highest BCUT2D eigenvalue weighted by molar-refractivity contribution is 6.11. The molecule has 0 aliphatic carbocycles. The van der Waals surface area contributed by atoms with Crippen LogP contribution in [0.3, 0.4) is 0 Å². The third kappa shape index (κ3) is 7.12. The lowest BCUT2D eigenvalue weighted by Gasteiger charge is -2.28. The van der Waals surface area contributed by atoms with Gasteiger partial charge in [-0.3, -0.25) is 0 Å². The van der Waals surface area contributed by atoms with E-state index in [9.17, 15) is 0 Å². The van der Waals surface area contributed by atoms with E-state index in [2.05, 4.69) is 276 Å². The molecule has 0 fully saturated rings. The summed E-state index contributed by atoms with van der Waals surface area (Å²) >= 11 is 0. The lowest BCUT2D eigenvalue weighted by Crippen LogP contribution is -2.11. The zero-order valence-electron chi connectivity index (χ0n) is 36.3. The second-order valence-electron chi connectivity index (χ2n) is 16.9. The van der Waals surface area contributed by atoms with Gasteiger partial charge in [0.25, 0.3) is 0 Å². The summed E-state index contributed by atoms with van der Waals surface area (Å²) in [6, 6.07) is 97.0. The molecule has 310 valence electrons. The predicted octanol–water partition coefficient (Wildman–Crippen LogP) is 17.7. The molecule has 11 aromatic carbocycles. The van der Waals surface area contributed by atoms with Crippen LogP contribution in [0.5, 0.6) is 0 Å². The van der Waals surface area contributed by atoms with Crippen LogP contribution in [0.25, 0.3) is 93.9 Å². The molecule has 1 heterocycles. The lowest BCUT2D eigenvalue weighted by molar-refractivity contribution is 1.18. The molecule has 0 atom stereocenters. The Bertz CT molecular complexity index is 3700. The molecule has 0 bridgehead atoms. The van der Waals surface area contributed by atoms with Gasteiger partial charge in [-0.2, -0.15) is 0 Å². The zero-order valence-corrected chi connectivity index (χ0v) is 36.3. The summed E-state index contributed by atoms with van der Waals surface area (Å²) < 4.78 is 2.45. The van der Waals surface area contributed by atoms with Gasteiger partial charge in [-0.15, -0.1) is 0 Å². The van der Waals surface area contributed by atoms with Gasteiger partial charge < -0.3 is 9.47 Å². The van der Waals surface area contributed by atoms with E-state index in [1.54, 1.807) is 0 Å². The molecule has 0 aliphatic heterocycles. The van der Waals surface area contributed by atoms with Crippen molar-refractivity contribution in [2.24, 2.45) is 0 Å². The summed E-state index contributed by atoms with van der Waals surface area (Å²) in [6.07, 6.45) is 0. The first-order valence-electron chi connectivity index (χ1n) is 22.7. The zero-order chi connectivity index (χ0) is 43.8. The lowest BCUT2D eigenvalue weighted by atomic mass is 9.92. The van der Waals surface area contributed by atoms with Crippen molar-refractivity contribution < 1.29 is 0 Å². The summed E-state index contributed by atoms with van der Waals surface area (Å²) in [6.45, 7) is 0. The fourth-order valence-corrected chi connectivity index (χ4v) is 9.82. The highest BCUT2D eigenvalue weighted by atomic mass is 15.1. The Morgan fingerprint density at radius 2 is 0.803 bits per heavy atom. The molecule has 0 saturated heterocycles. The summed E-state index contributed by atoms with van der Waals surface area (Å²) in [5, 5.41) is 4.91. The number of anilines is 3. The molecular formula is C64H44N2. The van der Waals surface area contributed by atoms with Crippen LogP contribution < -0.4 is 4.90 Å². The minimum absolute atomic E-state index is 1.10. The standard InChI is InChI=1S/C64H44N2/c1-4-19-45(20-5-1)49-25-18-28-55(41-49)65(54-26-8-3-9-27-54)62-33-16-14-31-59(62)58-30-13-12-29-57(58)51-37-38-64-61(44-51)60-32-15-17-34-63(60)66(64)56-42-52(46-21-6-2-7-22-46)40-53(43-56)50-36-35-47-23-10-11-24-48(47)39-50/h1-44H. The maximum Gasteiger partial charge on any atom is 0.0541 e. The van der Waals surface area contributed by atoms with E-state index >= 15 is 0 Å². The molecule has 0 spiro atoms. The van der Waals surface area contributed by atoms with E-state index in [1.807, 2.05) is 0 Å². The molecule has 1 aromatic heterocycles. The van der Waals surface area contributed by atoms with E-state index in [4.69, 9.17) is 0 Å². The smallest absolute Gasteiger partial charge is 0.0541 e. The van der Waals surface area contributed by atoms with Gasteiger partial charge >= 0.3 is 0 Å². The van der Waals surface area contributed by atoms with Crippen molar-refractivity contribution in [3.63, 3.8) is 0 Å². The van der Waals surface area contributed by atoms with Gasteiger partial charge in [-0.25, -0.2) is 0 Å². The number of fused-ring (bicyclic) bond motifs is 4. The summed E-state index contributed by atoms with van der Waals surface area (Å²) in [5.74, 6) is 0. The maximum absolute atomic E-state index is 2.45. The van der Waals surface area contributed by atoms with Crippen molar-refractivity contribution in [1.82, 2.24) is 4.57 Å². The van der Waals surface area contributed by atoms with E-state index in [-0.39, 0.29) is 0 Å². The Morgan fingerprint density at radius 3 is 1.59 bits per heavy atom. The van der Waals surface area contributed by atoms with Crippen LogP contribution in [0, 0.1) is 0 Å². The van der Waals surface area contributed by atoms with Gasteiger partial charge in [-0.05, 0) is 134 Å². The minimum Gasteiger partial charge on any atom is -0.310 e. The van der Waals surface area contributed by atoms with E-state index < -0.39 is 0 Å². The van der Waals surface area contributed by atoms with Crippen molar-refractivity contribution in [1.29, 1.82) is 0 Å². The molecule has 12 aromatic rings. The average molecular weight is 841 g/mol. The van der Waals surface area contributed by atoms with Crippen LogP contribution in [0.4, 0.5) is 17.1 Å². The SMILES string of the molecule is c1ccc(-c2cccc(N(c3ccccc3)c3ccccc3-c3ccccc3-c3ccc4c(c3)c3ccccc3n4-c3cc(-c4ccccc4)cc(-c4ccc5ccccc5c4)c3)c2)cc1. The Hall–Kier alpha value is -8.72. The number of hydrogen-bond acceptors (Lipinski definition) is 1. The molecule has 0 radical (unpaired) electrons. The molecule has 2 heteroatoms. The molecule has 0 aliphatic rings. The topological polar surface area (TPSA) is 8.17 Å². The predicted molar refractivity (Wildman–Crippen MR) is 280 cm³/mol. The van der Waals surface area contributed by atoms with Crippen LogP contribution in [0.1, 0.15) is 0 Å². The van der Waals surface area contributed by atoms with Gasteiger partial charge in [0, 0.05) is 33.4 Å².